The first-order valence-electron chi connectivity index (χ1n) is 5.88. The lowest BCUT2D eigenvalue weighted by atomic mass is 10.0. The molecule has 104 valence electrons. The van der Waals surface area contributed by atoms with Crippen LogP contribution in [0.2, 0.25) is 0 Å². The average molecular weight is 267 g/mol. The van der Waals surface area contributed by atoms with Crippen molar-refractivity contribution >= 4 is 17.3 Å². The number of aliphatic hydroxyl groups is 1. The first-order valence-corrected chi connectivity index (χ1v) is 5.88. The van der Waals surface area contributed by atoms with Crippen LogP contribution in [0.15, 0.2) is 24.3 Å². The predicted molar refractivity (Wildman–Crippen MR) is 70.3 cm³/mol. The molecule has 0 aliphatic rings. The number of nitro groups is 1. The van der Waals surface area contributed by atoms with E-state index in [9.17, 15) is 20.0 Å². The van der Waals surface area contributed by atoms with Crippen LogP contribution in [0.1, 0.15) is 20.3 Å². The van der Waals surface area contributed by atoms with Crippen molar-refractivity contribution in [2.45, 2.75) is 26.4 Å². The number of para-hydroxylation sites is 2. The number of aliphatic hydroxyl groups excluding tert-OH is 1. The molecule has 0 aliphatic carbocycles. The highest BCUT2D eigenvalue weighted by atomic mass is 16.6. The van der Waals surface area contributed by atoms with Gasteiger partial charge in [-0.15, -0.1) is 0 Å². The number of carbonyl (C=O) groups is 1. The van der Waals surface area contributed by atoms with E-state index in [4.69, 9.17) is 0 Å². The normalized spacial score (nSPS) is 12.0. The summed E-state index contributed by atoms with van der Waals surface area (Å²) in [5.74, 6) is -0.462. The molecule has 7 heteroatoms. The smallest absolute Gasteiger partial charge is 0.294 e. The minimum absolute atomic E-state index is 0.0307. The van der Waals surface area contributed by atoms with Gasteiger partial charge in [0.05, 0.1) is 17.4 Å². The Morgan fingerprint density at radius 2 is 2.05 bits per heavy atom. The quantitative estimate of drug-likeness (QED) is 0.534. The Morgan fingerprint density at radius 3 is 2.63 bits per heavy atom. The zero-order chi connectivity index (χ0) is 14.4. The van der Waals surface area contributed by atoms with E-state index in [0.717, 1.165) is 0 Å². The lowest BCUT2D eigenvalue weighted by molar-refractivity contribution is -0.384. The first-order chi connectivity index (χ1) is 8.91. The number of benzene rings is 1. The number of rotatable bonds is 6. The van der Waals surface area contributed by atoms with E-state index in [1.165, 1.54) is 18.2 Å². The van der Waals surface area contributed by atoms with Crippen molar-refractivity contribution in [2.75, 3.05) is 5.43 Å². The fourth-order valence-corrected chi connectivity index (χ4v) is 1.35. The Kier molecular flexibility index (Phi) is 5.25. The Morgan fingerprint density at radius 1 is 1.42 bits per heavy atom. The third-order valence-corrected chi connectivity index (χ3v) is 2.60. The summed E-state index contributed by atoms with van der Waals surface area (Å²) in [4.78, 5) is 21.7. The van der Waals surface area contributed by atoms with Gasteiger partial charge in [0, 0.05) is 6.07 Å². The molecule has 0 saturated carbocycles. The maximum Gasteiger partial charge on any atom is 0.294 e. The fraction of sp³-hybridized carbons (Fsp3) is 0.417. The second-order valence-corrected chi connectivity index (χ2v) is 4.46. The van der Waals surface area contributed by atoms with Crippen molar-refractivity contribution in [1.29, 1.82) is 0 Å². The number of hydrazine groups is 1. The number of nitrogens with zero attached hydrogens (tertiary/aromatic N) is 1. The van der Waals surface area contributed by atoms with Gasteiger partial charge in [0.15, 0.2) is 0 Å². The Balaban J connectivity index is 2.58. The topological polar surface area (TPSA) is 104 Å². The molecule has 1 amide bonds. The van der Waals surface area contributed by atoms with Crippen LogP contribution in [0.25, 0.3) is 0 Å². The molecule has 0 saturated heterocycles. The van der Waals surface area contributed by atoms with Gasteiger partial charge in [-0.2, -0.15) is 0 Å². The number of nitrogens with one attached hydrogen (secondary N) is 2. The molecule has 7 nitrogen and oxygen atoms in total. The van der Waals surface area contributed by atoms with Crippen molar-refractivity contribution in [1.82, 2.24) is 5.43 Å². The van der Waals surface area contributed by atoms with E-state index >= 15 is 0 Å². The summed E-state index contributed by atoms with van der Waals surface area (Å²) in [6.45, 7) is 3.60. The summed E-state index contributed by atoms with van der Waals surface area (Å²) in [6, 6.07) is 5.97. The van der Waals surface area contributed by atoms with E-state index < -0.39 is 16.9 Å². The van der Waals surface area contributed by atoms with Crippen LogP contribution in [-0.4, -0.2) is 22.0 Å². The Labute approximate surface area is 110 Å². The highest BCUT2D eigenvalue weighted by Crippen LogP contribution is 2.22. The fourth-order valence-electron chi connectivity index (χ4n) is 1.35. The lowest BCUT2D eigenvalue weighted by Gasteiger charge is -2.14. The SMILES string of the molecule is CC(C)C(O)CC(=O)NNc1ccccc1[N+](=O)[O-]. The molecule has 1 atom stereocenters. The van der Waals surface area contributed by atoms with Crippen LogP contribution in [0, 0.1) is 16.0 Å². The largest absolute Gasteiger partial charge is 0.392 e. The molecule has 0 heterocycles. The Hall–Kier alpha value is -2.15. The van der Waals surface area contributed by atoms with Gasteiger partial charge < -0.3 is 5.11 Å². The number of hydrogen-bond acceptors (Lipinski definition) is 5. The van der Waals surface area contributed by atoms with Crippen LogP contribution >= 0.6 is 0 Å². The van der Waals surface area contributed by atoms with Crippen molar-refractivity contribution in [2.24, 2.45) is 5.92 Å². The van der Waals surface area contributed by atoms with Gasteiger partial charge in [0.1, 0.15) is 5.69 Å². The minimum atomic E-state index is -0.743. The molecule has 0 radical (unpaired) electrons. The molecule has 0 aromatic heterocycles. The van der Waals surface area contributed by atoms with Crippen LogP contribution in [0.5, 0.6) is 0 Å². The van der Waals surface area contributed by atoms with Crippen molar-refractivity contribution in [3.63, 3.8) is 0 Å². The second-order valence-electron chi connectivity index (χ2n) is 4.46. The van der Waals surface area contributed by atoms with Crippen LogP contribution < -0.4 is 10.9 Å². The van der Waals surface area contributed by atoms with Gasteiger partial charge in [-0.25, -0.2) is 0 Å². The van der Waals surface area contributed by atoms with Crippen LogP contribution in [0.4, 0.5) is 11.4 Å². The maximum absolute atomic E-state index is 11.5. The summed E-state index contributed by atoms with van der Waals surface area (Å²) in [5, 5.41) is 20.3. The lowest BCUT2D eigenvalue weighted by Crippen LogP contribution is -2.33. The molecule has 3 N–H and O–H groups in total. The van der Waals surface area contributed by atoms with E-state index in [1.807, 2.05) is 0 Å². The molecule has 0 fully saturated rings. The van der Waals surface area contributed by atoms with Gasteiger partial charge in [0.25, 0.3) is 5.69 Å². The molecule has 0 bridgehead atoms. The van der Waals surface area contributed by atoms with E-state index in [0.29, 0.717) is 0 Å². The molecule has 0 spiro atoms. The van der Waals surface area contributed by atoms with Gasteiger partial charge in [-0.05, 0) is 12.0 Å². The third kappa shape index (κ3) is 4.55. The standard InChI is InChI=1S/C12H17N3O4/c1-8(2)11(16)7-12(17)14-13-9-5-3-4-6-10(9)15(18)19/h3-6,8,11,13,16H,7H2,1-2H3,(H,14,17). The maximum atomic E-state index is 11.5. The summed E-state index contributed by atoms with van der Waals surface area (Å²) < 4.78 is 0. The van der Waals surface area contributed by atoms with Crippen molar-refractivity contribution in [3.8, 4) is 0 Å². The zero-order valence-corrected chi connectivity index (χ0v) is 10.8. The van der Waals surface area contributed by atoms with E-state index in [1.54, 1.807) is 19.9 Å². The van der Waals surface area contributed by atoms with Gasteiger partial charge in [0.2, 0.25) is 5.91 Å². The minimum Gasteiger partial charge on any atom is -0.392 e. The molecule has 1 rings (SSSR count). The van der Waals surface area contributed by atoms with Crippen LogP contribution in [-0.2, 0) is 4.79 Å². The van der Waals surface area contributed by atoms with Gasteiger partial charge in [-0.3, -0.25) is 25.8 Å². The summed E-state index contributed by atoms with van der Waals surface area (Å²) in [7, 11) is 0. The number of nitro benzene ring substituents is 1. The highest BCUT2D eigenvalue weighted by molar-refractivity contribution is 5.78. The summed E-state index contributed by atoms with van der Waals surface area (Å²) in [6.07, 6.45) is -0.807. The number of carbonyl (C=O) groups excluding carboxylic acids is 1. The zero-order valence-electron chi connectivity index (χ0n) is 10.8. The summed E-state index contributed by atoms with van der Waals surface area (Å²) >= 11 is 0. The molecule has 19 heavy (non-hydrogen) atoms. The molecule has 1 unspecified atom stereocenters. The Bertz CT molecular complexity index is 462. The molecule has 1 aromatic rings. The highest BCUT2D eigenvalue weighted by Gasteiger charge is 2.16. The molecular formula is C12H17N3O4. The number of amides is 1. The number of anilines is 1. The molecule has 0 aliphatic heterocycles. The first kappa shape index (κ1) is 14.9. The van der Waals surface area contributed by atoms with Gasteiger partial charge >= 0.3 is 0 Å². The number of hydrogen-bond donors (Lipinski definition) is 3. The third-order valence-electron chi connectivity index (χ3n) is 2.60. The molecule has 1 aromatic carbocycles. The predicted octanol–water partition coefficient (Wildman–Crippen LogP) is 1.44. The van der Waals surface area contributed by atoms with Gasteiger partial charge in [-0.1, -0.05) is 26.0 Å². The van der Waals surface area contributed by atoms with E-state index in [2.05, 4.69) is 10.9 Å². The van der Waals surface area contributed by atoms with Crippen LogP contribution in [0.3, 0.4) is 0 Å². The summed E-state index contributed by atoms with van der Waals surface area (Å²) in [5.41, 5.74) is 4.88. The van der Waals surface area contributed by atoms with Crippen molar-refractivity contribution < 1.29 is 14.8 Å². The van der Waals surface area contributed by atoms with E-state index in [-0.39, 0.29) is 23.7 Å². The average Bonchev–Trinajstić information content (AvgIpc) is 2.36. The second kappa shape index (κ2) is 6.69. The molecular weight excluding hydrogens is 250 g/mol. The van der Waals surface area contributed by atoms with Crippen molar-refractivity contribution in [3.05, 3.63) is 34.4 Å². The monoisotopic (exact) mass is 267 g/mol.